The molecular weight excluding hydrogens is 313 g/mol. The van der Waals surface area contributed by atoms with E-state index in [0.717, 1.165) is 0 Å². The molecule has 0 atom stereocenters. The molecule has 0 aliphatic carbocycles. The molecule has 3 N–H and O–H groups in total. The number of hydrogen-bond donors (Lipinski definition) is 2. The van der Waals surface area contributed by atoms with Gasteiger partial charge in [0.05, 0.1) is 15.6 Å². The lowest BCUT2D eigenvalue weighted by Crippen LogP contribution is -2.37. The number of amidine groups is 1. The lowest BCUT2D eigenvalue weighted by atomic mass is 10.1. The smallest absolute Gasteiger partial charge is 0.255 e. The molecule has 7 heteroatoms. The maximum Gasteiger partial charge on any atom is 0.255 e. The second-order valence-electron chi connectivity index (χ2n) is 5.09. The largest absolute Gasteiger partial charge is 0.409 e. The summed E-state index contributed by atoms with van der Waals surface area (Å²) in [6, 6.07) is 4.94. The zero-order chi connectivity index (χ0) is 16.0. The van der Waals surface area contributed by atoms with E-state index in [1.807, 2.05) is 13.8 Å². The van der Waals surface area contributed by atoms with Gasteiger partial charge in [0, 0.05) is 19.5 Å². The van der Waals surface area contributed by atoms with Crippen molar-refractivity contribution in [2.45, 2.75) is 20.3 Å². The number of oxime groups is 1. The molecule has 1 rings (SSSR count). The van der Waals surface area contributed by atoms with Crippen molar-refractivity contribution in [3.8, 4) is 0 Å². The first kappa shape index (κ1) is 17.6. The molecule has 0 fully saturated rings. The van der Waals surface area contributed by atoms with E-state index in [9.17, 15) is 4.79 Å². The first-order chi connectivity index (χ1) is 9.86. The predicted molar refractivity (Wildman–Crippen MR) is 85.2 cm³/mol. The fourth-order valence-electron chi connectivity index (χ4n) is 1.86. The van der Waals surface area contributed by atoms with Gasteiger partial charge >= 0.3 is 0 Å². The van der Waals surface area contributed by atoms with Crippen LogP contribution in [0.3, 0.4) is 0 Å². The lowest BCUT2D eigenvalue weighted by molar-refractivity contribution is 0.0740. The summed E-state index contributed by atoms with van der Waals surface area (Å²) < 4.78 is 0. The number of nitrogens with two attached hydrogens (primary N) is 1. The summed E-state index contributed by atoms with van der Waals surface area (Å²) in [6.45, 7) is 4.89. The molecule has 0 unspecified atom stereocenters. The van der Waals surface area contributed by atoms with Crippen LogP contribution in [-0.4, -0.2) is 34.9 Å². The minimum absolute atomic E-state index is 0.0775. The van der Waals surface area contributed by atoms with E-state index in [-0.39, 0.29) is 29.1 Å². The third-order valence-electron chi connectivity index (χ3n) is 2.82. The van der Waals surface area contributed by atoms with E-state index >= 15 is 0 Å². The number of halogens is 2. The highest BCUT2D eigenvalue weighted by atomic mass is 35.5. The van der Waals surface area contributed by atoms with Crippen LogP contribution in [0.4, 0.5) is 0 Å². The summed E-state index contributed by atoms with van der Waals surface area (Å²) in [5.41, 5.74) is 5.81. The monoisotopic (exact) mass is 331 g/mol. The Balaban J connectivity index is 2.96. The molecule has 0 spiro atoms. The minimum atomic E-state index is -0.220. The highest BCUT2D eigenvalue weighted by molar-refractivity contribution is 6.43. The van der Waals surface area contributed by atoms with Crippen molar-refractivity contribution < 1.29 is 10.0 Å². The quantitative estimate of drug-likeness (QED) is 0.363. The van der Waals surface area contributed by atoms with Crippen LogP contribution in [-0.2, 0) is 0 Å². The maximum atomic E-state index is 12.6. The Hall–Kier alpha value is -1.46. The van der Waals surface area contributed by atoms with Crippen LogP contribution in [0.5, 0.6) is 0 Å². The van der Waals surface area contributed by atoms with Gasteiger partial charge in [-0.1, -0.05) is 48.3 Å². The molecule has 1 aromatic carbocycles. The van der Waals surface area contributed by atoms with Crippen molar-refractivity contribution in [3.05, 3.63) is 33.8 Å². The highest BCUT2D eigenvalue weighted by Crippen LogP contribution is 2.26. The van der Waals surface area contributed by atoms with Crippen molar-refractivity contribution in [2.75, 3.05) is 13.1 Å². The van der Waals surface area contributed by atoms with Gasteiger partial charge in [-0.25, -0.2) is 0 Å². The molecular formula is C14H19Cl2N3O2. The third kappa shape index (κ3) is 5.10. The first-order valence-corrected chi connectivity index (χ1v) is 7.32. The summed E-state index contributed by atoms with van der Waals surface area (Å²) >= 11 is 12.0. The van der Waals surface area contributed by atoms with Crippen LogP contribution in [0.1, 0.15) is 30.6 Å². The Labute approximate surface area is 134 Å². The van der Waals surface area contributed by atoms with Gasteiger partial charge in [-0.05, 0) is 18.1 Å². The summed E-state index contributed by atoms with van der Waals surface area (Å²) in [5, 5.41) is 12.1. The molecule has 116 valence electrons. The lowest BCUT2D eigenvalue weighted by Gasteiger charge is -2.25. The van der Waals surface area contributed by atoms with Gasteiger partial charge < -0.3 is 15.8 Å². The van der Waals surface area contributed by atoms with Crippen molar-refractivity contribution in [3.63, 3.8) is 0 Å². The minimum Gasteiger partial charge on any atom is -0.409 e. The molecule has 0 heterocycles. The van der Waals surface area contributed by atoms with Gasteiger partial charge in [0.25, 0.3) is 5.91 Å². The standard InChI is InChI=1S/C14H19Cl2N3O2/c1-9(2)8-19(7-6-12(17)18-21)14(20)10-4-3-5-11(15)13(10)16/h3-5,9,21H,6-8H2,1-2H3,(H2,17,18). The average Bonchev–Trinajstić information content (AvgIpc) is 2.44. The summed E-state index contributed by atoms with van der Waals surface area (Å²) in [5.74, 6) is 0.134. The normalized spacial score (nSPS) is 11.8. The van der Waals surface area contributed by atoms with E-state index in [4.69, 9.17) is 34.1 Å². The van der Waals surface area contributed by atoms with Crippen LogP contribution in [0.2, 0.25) is 10.0 Å². The molecule has 5 nitrogen and oxygen atoms in total. The SMILES string of the molecule is CC(C)CN(CCC(N)=NO)C(=O)c1cccc(Cl)c1Cl. The number of amides is 1. The molecule has 0 aromatic heterocycles. The summed E-state index contributed by atoms with van der Waals surface area (Å²) in [4.78, 5) is 14.2. The van der Waals surface area contributed by atoms with E-state index < -0.39 is 0 Å². The van der Waals surface area contributed by atoms with Crippen molar-refractivity contribution >= 4 is 34.9 Å². The molecule has 0 saturated carbocycles. The first-order valence-electron chi connectivity index (χ1n) is 6.56. The van der Waals surface area contributed by atoms with Gasteiger partial charge in [-0.15, -0.1) is 0 Å². The van der Waals surface area contributed by atoms with Gasteiger partial charge in [0.2, 0.25) is 0 Å². The average molecular weight is 332 g/mol. The number of carbonyl (C=O) groups excluding carboxylic acids is 1. The summed E-state index contributed by atoms with van der Waals surface area (Å²) in [7, 11) is 0. The molecule has 0 aliphatic heterocycles. The van der Waals surface area contributed by atoms with Crippen LogP contribution in [0.25, 0.3) is 0 Å². The second-order valence-corrected chi connectivity index (χ2v) is 5.87. The zero-order valence-electron chi connectivity index (χ0n) is 12.0. The predicted octanol–water partition coefficient (Wildman–Crippen LogP) is 3.23. The maximum absolute atomic E-state index is 12.6. The van der Waals surface area contributed by atoms with E-state index in [0.29, 0.717) is 23.7 Å². The molecule has 21 heavy (non-hydrogen) atoms. The Morgan fingerprint density at radius 1 is 1.43 bits per heavy atom. The molecule has 0 saturated heterocycles. The second kappa shape index (κ2) is 8.10. The fraction of sp³-hybridized carbons (Fsp3) is 0.429. The topological polar surface area (TPSA) is 78.9 Å². The van der Waals surface area contributed by atoms with Gasteiger partial charge in [0.1, 0.15) is 5.84 Å². The molecule has 1 aromatic rings. The number of hydrogen-bond acceptors (Lipinski definition) is 3. The molecule has 0 bridgehead atoms. The van der Waals surface area contributed by atoms with Crippen molar-refractivity contribution in [1.29, 1.82) is 0 Å². The Morgan fingerprint density at radius 2 is 2.10 bits per heavy atom. The third-order valence-corrected chi connectivity index (χ3v) is 3.64. The van der Waals surface area contributed by atoms with Crippen LogP contribution in [0, 0.1) is 5.92 Å². The Bertz CT molecular complexity index is 533. The summed E-state index contributed by atoms with van der Waals surface area (Å²) in [6.07, 6.45) is 0.285. The highest BCUT2D eigenvalue weighted by Gasteiger charge is 2.20. The van der Waals surface area contributed by atoms with E-state index in [1.54, 1.807) is 23.1 Å². The molecule has 1 amide bonds. The van der Waals surface area contributed by atoms with Crippen molar-refractivity contribution in [1.82, 2.24) is 4.90 Å². The molecule has 0 aliphatic rings. The van der Waals surface area contributed by atoms with E-state index in [1.165, 1.54) is 0 Å². The van der Waals surface area contributed by atoms with Crippen molar-refractivity contribution in [2.24, 2.45) is 16.8 Å². The van der Waals surface area contributed by atoms with Gasteiger partial charge in [0.15, 0.2) is 0 Å². The van der Waals surface area contributed by atoms with Crippen LogP contribution in [0.15, 0.2) is 23.4 Å². The number of carbonyl (C=O) groups is 1. The molecule has 0 radical (unpaired) electrons. The number of benzene rings is 1. The fourth-order valence-corrected chi connectivity index (χ4v) is 2.24. The van der Waals surface area contributed by atoms with Crippen LogP contribution < -0.4 is 5.73 Å². The van der Waals surface area contributed by atoms with Gasteiger partial charge in [-0.3, -0.25) is 4.79 Å². The number of rotatable bonds is 6. The van der Waals surface area contributed by atoms with Gasteiger partial charge in [-0.2, -0.15) is 0 Å². The Morgan fingerprint density at radius 3 is 2.67 bits per heavy atom. The van der Waals surface area contributed by atoms with E-state index in [2.05, 4.69) is 5.16 Å². The van der Waals surface area contributed by atoms with Crippen LogP contribution >= 0.6 is 23.2 Å². The number of nitrogens with zero attached hydrogens (tertiary/aromatic N) is 2. The Kier molecular flexibility index (Phi) is 6.78. The zero-order valence-corrected chi connectivity index (χ0v) is 13.5.